The molecular formula is C21H26N2O3. The third-order valence-electron chi connectivity index (χ3n) is 3.80. The predicted octanol–water partition coefficient (Wildman–Crippen LogP) is 4.71. The van der Waals surface area contributed by atoms with Gasteiger partial charge in [0.05, 0.1) is 6.61 Å². The fourth-order valence-corrected chi connectivity index (χ4v) is 2.20. The Kier molecular flexibility index (Phi) is 7.21. The van der Waals surface area contributed by atoms with E-state index in [1.54, 1.807) is 48.5 Å². The van der Waals surface area contributed by atoms with Crippen LogP contribution in [0.25, 0.3) is 0 Å². The van der Waals surface area contributed by atoms with Crippen molar-refractivity contribution >= 4 is 23.2 Å². The van der Waals surface area contributed by atoms with Crippen molar-refractivity contribution in [3.05, 3.63) is 54.1 Å². The van der Waals surface area contributed by atoms with E-state index in [2.05, 4.69) is 17.6 Å². The maximum atomic E-state index is 12.4. The van der Waals surface area contributed by atoms with E-state index in [9.17, 15) is 9.59 Å². The summed E-state index contributed by atoms with van der Waals surface area (Å²) < 4.78 is 5.60. The van der Waals surface area contributed by atoms with Gasteiger partial charge in [-0.3, -0.25) is 9.59 Å². The van der Waals surface area contributed by atoms with Gasteiger partial charge in [-0.05, 0) is 48.9 Å². The molecule has 5 heteroatoms. The molecular weight excluding hydrogens is 328 g/mol. The minimum absolute atomic E-state index is 0.0628. The van der Waals surface area contributed by atoms with Gasteiger partial charge in [-0.25, -0.2) is 0 Å². The second kappa shape index (κ2) is 9.61. The Morgan fingerprint density at radius 2 is 1.65 bits per heavy atom. The normalized spacial score (nSPS) is 10.5. The predicted molar refractivity (Wildman–Crippen MR) is 105 cm³/mol. The molecule has 0 aromatic heterocycles. The van der Waals surface area contributed by atoms with Crippen molar-refractivity contribution in [3.8, 4) is 5.75 Å². The van der Waals surface area contributed by atoms with E-state index >= 15 is 0 Å². The van der Waals surface area contributed by atoms with E-state index in [4.69, 9.17) is 4.74 Å². The molecule has 0 aliphatic carbocycles. The van der Waals surface area contributed by atoms with Gasteiger partial charge < -0.3 is 15.4 Å². The highest BCUT2D eigenvalue weighted by Gasteiger charge is 2.09. The highest BCUT2D eigenvalue weighted by molar-refractivity contribution is 6.04. The Balaban J connectivity index is 1.97. The van der Waals surface area contributed by atoms with Gasteiger partial charge in [0, 0.05) is 22.9 Å². The lowest BCUT2D eigenvalue weighted by Crippen LogP contribution is -2.18. The molecule has 0 bridgehead atoms. The maximum absolute atomic E-state index is 12.4. The average molecular weight is 354 g/mol. The number of ether oxygens (including phenoxy) is 1. The lowest BCUT2D eigenvalue weighted by atomic mass is 10.2. The van der Waals surface area contributed by atoms with Gasteiger partial charge >= 0.3 is 0 Å². The van der Waals surface area contributed by atoms with Crippen molar-refractivity contribution in [2.45, 2.75) is 33.6 Å². The number of nitrogens with one attached hydrogen (secondary N) is 2. The van der Waals surface area contributed by atoms with Gasteiger partial charge in [0.2, 0.25) is 5.91 Å². The summed E-state index contributed by atoms with van der Waals surface area (Å²) in [5, 5.41) is 5.66. The second-order valence-electron chi connectivity index (χ2n) is 6.41. The summed E-state index contributed by atoms with van der Waals surface area (Å²) in [6.45, 7) is 6.45. The molecule has 5 nitrogen and oxygen atoms in total. The maximum Gasteiger partial charge on any atom is 0.255 e. The van der Waals surface area contributed by atoms with Crippen LogP contribution in [-0.4, -0.2) is 18.4 Å². The van der Waals surface area contributed by atoms with E-state index in [0.29, 0.717) is 23.5 Å². The Bertz CT molecular complexity index is 739. The molecule has 2 aromatic rings. The quantitative estimate of drug-likeness (QED) is 0.675. The van der Waals surface area contributed by atoms with Gasteiger partial charge in [-0.15, -0.1) is 0 Å². The molecule has 0 atom stereocenters. The molecule has 2 N–H and O–H groups in total. The van der Waals surface area contributed by atoms with Crippen LogP contribution in [0.15, 0.2) is 48.5 Å². The minimum Gasteiger partial charge on any atom is -0.494 e. The fourth-order valence-electron chi connectivity index (χ4n) is 2.20. The molecule has 26 heavy (non-hydrogen) atoms. The van der Waals surface area contributed by atoms with Crippen LogP contribution in [0.3, 0.4) is 0 Å². The number of hydrogen-bond donors (Lipinski definition) is 2. The van der Waals surface area contributed by atoms with Crippen molar-refractivity contribution < 1.29 is 14.3 Å². The molecule has 0 saturated heterocycles. The first kappa shape index (κ1) is 19.5. The zero-order valence-corrected chi connectivity index (χ0v) is 15.5. The molecule has 2 aromatic carbocycles. The average Bonchev–Trinajstić information content (AvgIpc) is 2.62. The van der Waals surface area contributed by atoms with E-state index < -0.39 is 0 Å². The summed E-state index contributed by atoms with van der Waals surface area (Å²) in [5.41, 5.74) is 1.82. The summed E-state index contributed by atoms with van der Waals surface area (Å²) in [6, 6.07) is 14.2. The van der Waals surface area contributed by atoms with Crippen LogP contribution in [0.2, 0.25) is 0 Å². The number of benzene rings is 2. The number of carbonyl (C=O) groups excluding carboxylic acids is 2. The number of amides is 2. The van der Waals surface area contributed by atoms with E-state index in [0.717, 1.165) is 18.6 Å². The highest BCUT2D eigenvalue weighted by Crippen LogP contribution is 2.18. The van der Waals surface area contributed by atoms with Crippen LogP contribution >= 0.6 is 0 Å². The number of anilines is 2. The number of unbranched alkanes of at least 4 members (excludes halogenated alkanes) is 1. The van der Waals surface area contributed by atoms with Crippen LogP contribution in [0.5, 0.6) is 5.75 Å². The SMILES string of the molecule is CCCCOc1ccc(C(=O)Nc2cccc(NC(=O)C(C)C)c2)cc1. The standard InChI is InChI=1S/C21H26N2O3/c1-4-5-13-26-19-11-9-16(10-12-19)21(25)23-18-8-6-7-17(14-18)22-20(24)15(2)3/h6-12,14-15H,4-5,13H2,1-3H3,(H,22,24)(H,23,25). The highest BCUT2D eigenvalue weighted by atomic mass is 16.5. The van der Waals surface area contributed by atoms with Crippen LogP contribution < -0.4 is 15.4 Å². The van der Waals surface area contributed by atoms with Crippen molar-refractivity contribution in [1.82, 2.24) is 0 Å². The number of carbonyl (C=O) groups is 2. The van der Waals surface area contributed by atoms with Crippen molar-refractivity contribution in [1.29, 1.82) is 0 Å². The summed E-state index contributed by atoms with van der Waals surface area (Å²) in [5.74, 6) is 0.379. The molecule has 2 rings (SSSR count). The molecule has 0 radical (unpaired) electrons. The van der Waals surface area contributed by atoms with E-state index in [1.165, 1.54) is 0 Å². The lowest BCUT2D eigenvalue weighted by molar-refractivity contribution is -0.118. The van der Waals surface area contributed by atoms with Crippen LogP contribution in [0.1, 0.15) is 44.0 Å². The van der Waals surface area contributed by atoms with Crippen molar-refractivity contribution in [3.63, 3.8) is 0 Å². The Hall–Kier alpha value is -2.82. The Morgan fingerprint density at radius 3 is 2.27 bits per heavy atom. The van der Waals surface area contributed by atoms with Crippen molar-refractivity contribution in [2.24, 2.45) is 5.92 Å². The number of hydrogen-bond acceptors (Lipinski definition) is 3. The van der Waals surface area contributed by atoms with Gasteiger partial charge in [-0.2, -0.15) is 0 Å². The fraction of sp³-hybridized carbons (Fsp3) is 0.333. The van der Waals surface area contributed by atoms with Gasteiger partial charge in [0.15, 0.2) is 0 Å². The lowest BCUT2D eigenvalue weighted by Gasteiger charge is -2.11. The summed E-state index contributed by atoms with van der Waals surface area (Å²) in [7, 11) is 0. The molecule has 0 aliphatic rings. The smallest absolute Gasteiger partial charge is 0.255 e. The second-order valence-corrected chi connectivity index (χ2v) is 6.41. The molecule has 0 fully saturated rings. The largest absolute Gasteiger partial charge is 0.494 e. The Labute approximate surface area is 154 Å². The molecule has 0 aliphatic heterocycles. The summed E-state index contributed by atoms with van der Waals surface area (Å²) >= 11 is 0. The first-order chi connectivity index (χ1) is 12.5. The topological polar surface area (TPSA) is 67.4 Å². The first-order valence-electron chi connectivity index (χ1n) is 8.94. The van der Waals surface area contributed by atoms with Crippen molar-refractivity contribution in [2.75, 3.05) is 17.2 Å². The molecule has 0 spiro atoms. The van der Waals surface area contributed by atoms with Crippen LogP contribution in [0, 0.1) is 5.92 Å². The molecule has 0 unspecified atom stereocenters. The van der Waals surface area contributed by atoms with E-state index in [1.807, 2.05) is 13.8 Å². The molecule has 0 saturated carbocycles. The van der Waals surface area contributed by atoms with Crippen LogP contribution in [0.4, 0.5) is 11.4 Å². The zero-order chi connectivity index (χ0) is 18.9. The van der Waals surface area contributed by atoms with Crippen LogP contribution in [-0.2, 0) is 4.79 Å². The summed E-state index contributed by atoms with van der Waals surface area (Å²) in [4.78, 5) is 24.2. The molecule has 0 heterocycles. The Morgan fingerprint density at radius 1 is 1.00 bits per heavy atom. The summed E-state index contributed by atoms with van der Waals surface area (Å²) in [6.07, 6.45) is 2.09. The van der Waals surface area contributed by atoms with E-state index in [-0.39, 0.29) is 17.7 Å². The minimum atomic E-state index is -0.211. The number of rotatable bonds is 8. The van der Waals surface area contributed by atoms with Gasteiger partial charge in [0.25, 0.3) is 5.91 Å². The third kappa shape index (κ3) is 5.92. The first-order valence-corrected chi connectivity index (χ1v) is 8.94. The zero-order valence-electron chi connectivity index (χ0n) is 15.5. The van der Waals surface area contributed by atoms with Gasteiger partial charge in [-0.1, -0.05) is 33.3 Å². The molecule has 2 amide bonds. The third-order valence-corrected chi connectivity index (χ3v) is 3.80. The molecule has 138 valence electrons. The monoisotopic (exact) mass is 354 g/mol. The van der Waals surface area contributed by atoms with Gasteiger partial charge in [0.1, 0.15) is 5.75 Å².